The topological polar surface area (TPSA) is 76.0 Å². The first-order valence-corrected chi connectivity index (χ1v) is 6.48. The molecule has 0 fully saturated rings. The summed E-state index contributed by atoms with van der Waals surface area (Å²) >= 11 is 1.15. The highest BCUT2D eigenvalue weighted by atomic mass is 32.1. The largest absolute Gasteiger partial charge is 0.489 e. The Morgan fingerprint density at radius 1 is 1.44 bits per heavy atom. The lowest BCUT2D eigenvalue weighted by atomic mass is 10.3. The number of rotatable bonds is 7. The standard InChI is InChI=1S/C12H18O5S/c1-7(2)16-5-9(13)6-17-10-4-8(3)18-11(10)12(14)15/h4,7,9,13H,5-6H2,1-3H3,(H,14,15). The van der Waals surface area contributed by atoms with Crippen LogP contribution in [0.4, 0.5) is 0 Å². The second-order valence-electron chi connectivity index (χ2n) is 4.20. The minimum atomic E-state index is -1.02. The van der Waals surface area contributed by atoms with Gasteiger partial charge in [0.25, 0.3) is 0 Å². The maximum atomic E-state index is 10.9. The van der Waals surface area contributed by atoms with Crippen LogP contribution >= 0.6 is 11.3 Å². The highest BCUT2D eigenvalue weighted by Gasteiger charge is 2.16. The second-order valence-corrected chi connectivity index (χ2v) is 5.46. The van der Waals surface area contributed by atoms with Gasteiger partial charge in [-0.2, -0.15) is 0 Å². The number of thiophene rings is 1. The van der Waals surface area contributed by atoms with Gasteiger partial charge in [-0.1, -0.05) is 0 Å². The summed E-state index contributed by atoms with van der Waals surface area (Å²) in [7, 11) is 0. The van der Waals surface area contributed by atoms with E-state index in [4.69, 9.17) is 14.6 Å². The molecule has 2 N–H and O–H groups in total. The van der Waals surface area contributed by atoms with Crippen molar-refractivity contribution in [3.63, 3.8) is 0 Å². The van der Waals surface area contributed by atoms with Crippen LogP contribution in [0.3, 0.4) is 0 Å². The highest BCUT2D eigenvalue weighted by Crippen LogP contribution is 2.28. The molecule has 0 aliphatic heterocycles. The maximum absolute atomic E-state index is 10.9. The molecule has 0 aliphatic rings. The van der Waals surface area contributed by atoms with Crippen molar-refractivity contribution in [1.29, 1.82) is 0 Å². The number of carboxylic acid groups (broad SMARTS) is 1. The molecule has 1 unspecified atom stereocenters. The summed E-state index contributed by atoms with van der Waals surface area (Å²) in [6.07, 6.45) is -0.730. The number of hydrogen-bond donors (Lipinski definition) is 2. The summed E-state index contributed by atoms with van der Waals surface area (Å²) in [5.74, 6) is -0.718. The van der Waals surface area contributed by atoms with Crippen molar-refractivity contribution in [2.45, 2.75) is 33.0 Å². The summed E-state index contributed by atoms with van der Waals surface area (Å²) in [4.78, 5) is 12.0. The van der Waals surface area contributed by atoms with Gasteiger partial charge in [0.1, 0.15) is 18.5 Å². The lowest BCUT2D eigenvalue weighted by Crippen LogP contribution is -2.25. The van der Waals surface area contributed by atoms with Crippen LogP contribution in [0.5, 0.6) is 5.75 Å². The van der Waals surface area contributed by atoms with E-state index in [0.29, 0.717) is 5.75 Å². The smallest absolute Gasteiger partial charge is 0.349 e. The van der Waals surface area contributed by atoms with Crippen LogP contribution in [0.25, 0.3) is 0 Å². The molecule has 1 heterocycles. The molecule has 0 aliphatic carbocycles. The number of carbonyl (C=O) groups is 1. The van der Waals surface area contributed by atoms with Gasteiger partial charge in [0.2, 0.25) is 0 Å². The molecule has 18 heavy (non-hydrogen) atoms. The number of carboxylic acids is 1. The molecule has 5 nitrogen and oxygen atoms in total. The van der Waals surface area contributed by atoms with Gasteiger partial charge in [-0.3, -0.25) is 0 Å². The fourth-order valence-electron chi connectivity index (χ4n) is 1.28. The molecule has 1 aromatic rings. The zero-order valence-corrected chi connectivity index (χ0v) is 11.5. The summed E-state index contributed by atoms with van der Waals surface area (Å²) in [5.41, 5.74) is 0. The van der Waals surface area contributed by atoms with Crippen molar-refractivity contribution >= 4 is 17.3 Å². The predicted octanol–water partition coefficient (Wildman–Crippen LogP) is 1.92. The third kappa shape index (κ3) is 4.64. The predicted molar refractivity (Wildman–Crippen MR) is 68.6 cm³/mol. The van der Waals surface area contributed by atoms with Crippen LogP contribution in [-0.4, -0.2) is 41.6 Å². The van der Waals surface area contributed by atoms with E-state index in [0.717, 1.165) is 16.2 Å². The number of aliphatic hydroxyl groups is 1. The monoisotopic (exact) mass is 274 g/mol. The van der Waals surface area contributed by atoms with Gasteiger partial charge in [0.15, 0.2) is 4.88 Å². The normalized spacial score (nSPS) is 12.7. The number of hydrogen-bond acceptors (Lipinski definition) is 5. The molecule has 0 saturated heterocycles. The van der Waals surface area contributed by atoms with Crippen molar-refractivity contribution < 1.29 is 24.5 Å². The molecule has 1 aromatic heterocycles. The van der Waals surface area contributed by atoms with Crippen molar-refractivity contribution in [2.24, 2.45) is 0 Å². The Kier molecular flexibility index (Phi) is 5.58. The Morgan fingerprint density at radius 3 is 2.67 bits per heavy atom. The Labute approximate surface area is 110 Å². The molecule has 102 valence electrons. The first-order valence-electron chi connectivity index (χ1n) is 5.66. The Balaban J connectivity index is 2.50. The molecule has 0 aromatic carbocycles. The first kappa shape index (κ1) is 14.9. The van der Waals surface area contributed by atoms with E-state index < -0.39 is 12.1 Å². The van der Waals surface area contributed by atoms with E-state index in [-0.39, 0.29) is 24.2 Å². The molecule has 1 rings (SSSR count). The molecular formula is C12H18O5S. The van der Waals surface area contributed by atoms with Gasteiger partial charge in [-0.05, 0) is 26.8 Å². The second kappa shape index (κ2) is 6.72. The number of aromatic carboxylic acids is 1. The molecule has 0 bridgehead atoms. The summed E-state index contributed by atoms with van der Waals surface area (Å²) in [6.45, 7) is 5.74. The summed E-state index contributed by atoms with van der Waals surface area (Å²) < 4.78 is 10.5. The van der Waals surface area contributed by atoms with Crippen LogP contribution in [0.1, 0.15) is 28.4 Å². The van der Waals surface area contributed by atoms with E-state index in [1.54, 1.807) is 6.07 Å². The lowest BCUT2D eigenvalue weighted by Gasteiger charge is -2.14. The van der Waals surface area contributed by atoms with E-state index >= 15 is 0 Å². The van der Waals surface area contributed by atoms with Gasteiger partial charge < -0.3 is 19.7 Å². The fourth-order valence-corrected chi connectivity index (χ4v) is 2.08. The Bertz CT molecular complexity index is 399. The fraction of sp³-hybridized carbons (Fsp3) is 0.583. The molecular weight excluding hydrogens is 256 g/mol. The molecule has 0 radical (unpaired) electrons. The molecule has 0 amide bonds. The van der Waals surface area contributed by atoms with Crippen LogP contribution in [0.2, 0.25) is 0 Å². The Morgan fingerprint density at radius 2 is 2.11 bits per heavy atom. The minimum absolute atomic E-state index is 0.0170. The highest BCUT2D eigenvalue weighted by molar-refractivity contribution is 7.14. The number of ether oxygens (including phenoxy) is 2. The quantitative estimate of drug-likeness (QED) is 0.794. The van der Waals surface area contributed by atoms with Crippen LogP contribution in [0, 0.1) is 6.92 Å². The third-order valence-electron chi connectivity index (χ3n) is 2.07. The van der Waals surface area contributed by atoms with Gasteiger partial charge >= 0.3 is 5.97 Å². The third-order valence-corrected chi connectivity index (χ3v) is 3.09. The number of aliphatic hydroxyl groups excluding tert-OH is 1. The van der Waals surface area contributed by atoms with Crippen molar-refractivity contribution in [3.05, 3.63) is 15.8 Å². The van der Waals surface area contributed by atoms with Crippen LogP contribution in [0.15, 0.2) is 6.07 Å². The van der Waals surface area contributed by atoms with Crippen molar-refractivity contribution in [2.75, 3.05) is 13.2 Å². The van der Waals surface area contributed by atoms with E-state index in [9.17, 15) is 9.90 Å². The zero-order valence-electron chi connectivity index (χ0n) is 10.7. The van der Waals surface area contributed by atoms with Crippen molar-refractivity contribution in [1.82, 2.24) is 0 Å². The van der Waals surface area contributed by atoms with Gasteiger partial charge in [0, 0.05) is 4.88 Å². The van der Waals surface area contributed by atoms with Crippen LogP contribution in [-0.2, 0) is 4.74 Å². The summed E-state index contributed by atoms with van der Waals surface area (Å²) in [5, 5.41) is 18.6. The van der Waals surface area contributed by atoms with Gasteiger partial charge in [-0.15, -0.1) is 11.3 Å². The molecule has 0 spiro atoms. The van der Waals surface area contributed by atoms with Gasteiger partial charge in [-0.25, -0.2) is 4.79 Å². The summed E-state index contributed by atoms with van der Waals surface area (Å²) in [6, 6.07) is 1.66. The van der Waals surface area contributed by atoms with Crippen LogP contribution < -0.4 is 4.74 Å². The molecule has 6 heteroatoms. The van der Waals surface area contributed by atoms with Crippen molar-refractivity contribution in [3.8, 4) is 5.75 Å². The average Bonchev–Trinajstić information content (AvgIpc) is 2.65. The van der Waals surface area contributed by atoms with Gasteiger partial charge in [0.05, 0.1) is 12.7 Å². The van der Waals surface area contributed by atoms with E-state index in [1.165, 1.54) is 0 Å². The SMILES string of the molecule is Cc1cc(OCC(O)COC(C)C)c(C(=O)O)s1. The molecule has 0 saturated carbocycles. The molecule has 1 atom stereocenters. The lowest BCUT2D eigenvalue weighted by molar-refractivity contribution is -0.0123. The Hall–Kier alpha value is -1.11. The average molecular weight is 274 g/mol. The maximum Gasteiger partial charge on any atom is 0.349 e. The zero-order chi connectivity index (χ0) is 13.7. The van der Waals surface area contributed by atoms with E-state index in [1.807, 2.05) is 20.8 Å². The first-order chi connectivity index (χ1) is 8.40. The number of aryl methyl sites for hydroxylation is 1. The minimum Gasteiger partial charge on any atom is -0.489 e. The van der Waals surface area contributed by atoms with E-state index in [2.05, 4.69) is 0 Å².